The third kappa shape index (κ3) is 4.13. The summed E-state index contributed by atoms with van der Waals surface area (Å²) in [5.74, 6) is 0.571. The van der Waals surface area contributed by atoms with Gasteiger partial charge in [0.25, 0.3) is 0 Å². The minimum Gasteiger partial charge on any atom is -0.449 e. The fourth-order valence-electron chi connectivity index (χ4n) is 3.26. The lowest BCUT2D eigenvalue weighted by Crippen LogP contribution is -2.24. The first-order chi connectivity index (χ1) is 12.3. The smallest absolute Gasteiger partial charge is 0.411 e. The molecule has 0 radical (unpaired) electrons. The molecule has 0 unspecified atom stereocenters. The maximum absolute atomic E-state index is 12.0. The summed E-state index contributed by atoms with van der Waals surface area (Å²) in [6.45, 7) is 2.30. The van der Waals surface area contributed by atoms with Gasteiger partial charge in [-0.1, -0.05) is 6.07 Å². The molecule has 2 aliphatic rings. The third-order valence-corrected chi connectivity index (χ3v) is 4.85. The van der Waals surface area contributed by atoms with E-state index in [1.54, 1.807) is 6.33 Å². The zero-order valence-electron chi connectivity index (χ0n) is 14.3. The molecule has 1 aliphatic heterocycles. The van der Waals surface area contributed by atoms with Crippen molar-refractivity contribution in [2.45, 2.75) is 38.6 Å². The van der Waals surface area contributed by atoms with Crippen LogP contribution in [0.25, 0.3) is 0 Å². The predicted molar refractivity (Wildman–Crippen MR) is 96.7 cm³/mol. The van der Waals surface area contributed by atoms with E-state index in [1.165, 1.54) is 30.5 Å². The molecule has 4 rings (SSSR count). The maximum atomic E-state index is 12.0. The van der Waals surface area contributed by atoms with Crippen molar-refractivity contribution < 1.29 is 9.53 Å². The van der Waals surface area contributed by atoms with Crippen LogP contribution >= 0.6 is 0 Å². The fourth-order valence-corrected chi connectivity index (χ4v) is 3.26. The van der Waals surface area contributed by atoms with Crippen LogP contribution in [-0.4, -0.2) is 29.2 Å². The summed E-state index contributed by atoms with van der Waals surface area (Å²) in [6.07, 6.45) is 9.04. The second-order valence-corrected chi connectivity index (χ2v) is 6.95. The Kier molecular flexibility index (Phi) is 4.59. The van der Waals surface area contributed by atoms with Gasteiger partial charge in [0, 0.05) is 24.1 Å². The number of fused-ring (bicyclic) bond motifs is 1. The van der Waals surface area contributed by atoms with Crippen LogP contribution in [0.5, 0.6) is 0 Å². The molecule has 2 aromatic rings. The van der Waals surface area contributed by atoms with Crippen LogP contribution in [0.2, 0.25) is 0 Å². The van der Waals surface area contributed by atoms with Crippen LogP contribution in [-0.2, 0) is 17.7 Å². The Balaban J connectivity index is 1.49. The molecule has 1 aliphatic carbocycles. The number of anilines is 2. The molecule has 1 fully saturated rings. The van der Waals surface area contributed by atoms with Crippen molar-refractivity contribution in [1.29, 1.82) is 0 Å². The minimum absolute atomic E-state index is 0.362. The van der Waals surface area contributed by atoms with Crippen molar-refractivity contribution in [3.05, 3.63) is 42.0 Å². The monoisotopic (exact) mass is 340 g/mol. The average Bonchev–Trinajstić information content (AvgIpc) is 3.35. The Morgan fingerprint density at radius 2 is 2.28 bits per heavy atom. The highest BCUT2D eigenvalue weighted by atomic mass is 16.5. The molecule has 1 aromatic carbocycles. The van der Waals surface area contributed by atoms with Gasteiger partial charge in [-0.3, -0.25) is 5.32 Å². The average molecular weight is 340 g/mol. The first kappa shape index (κ1) is 16.0. The quantitative estimate of drug-likeness (QED) is 0.870. The number of rotatable bonds is 5. The predicted octanol–water partition coefficient (Wildman–Crippen LogP) is 3.71. The Morgan fingerprint density at radius 3 is 3.08 bits per heavy atom. The number of nitrogens with zero attached hydrogens (tertiary/aromatic N) is 2. The van der Waals surface area contributed by atoms with Gasteiger partial charge in [0.05, 0.1) is 25.2 Å². The summed E-state index contributed by atoms with van der Waals surface area (Å²) in [4.78, 5) is 21.7. The standard InChI is InChI=1S/C19H24N4O2/c24-19(25-12-14-4-5-14)22-16-7-6-15-3-1-2-8-23(18(15)9-16)11-17-10-20-13-21-17/h6-7,9-10,13-14H,1-5,8,11-12H2,(H,20,21)(H,22,24). The number of hydrogen-bond donors (Lipinski definition) is 2. The highest BCUT2D eigenvalue weighted by Crippen LogP contribution is 2.31. The van der Waals surface area contributed by atoms with E-state index in [0.29, 0.717) is 12.5 Å². The van der Waals surface area contributed by atoms with Gasteiger partial charge < -0.3 is 14.6 Å². The maximum Gasteiger partial charge on any atom is 0.411 e. The summed E-state index contributed by atoms with van der Waals surface area (Å²) < 4.78 is 5.27. The lowest BCUT2D eigenvalue weighted by molar-refractivity contribution is 0.156. The first-order valence-electron chi connectivity index (χ1n) is 9.07. The number of aryl methyl sites for hydroxylation is 1. The number of nitrogens with one attached hydrogen (secondary N) is 2. The number of carbonyl (C=O) groups is 1. The van der Waals surface area contributed by atoms with Gasteiger partial charge in [-0.05, 0) is 55.7 Å². The number of benzene rings is 1. The number of aromatic amines is 1. The van der Waals surface area contributed by atoms with Crippen molar-refractivity contribution in [3.8, 4) is 0 Å². The van der Waals surface area contributed by atoms with Crippen LogP contribution in [0, 0.1) is 5.92 Å². The van der Waals surface area contributed by atoms with Gasteiger partial charge in [0.2, 0.25) is 0 Å². The number of imidazole rings is 1. The van der Waals surface area contributed by atoms with Crippen LogP contribution in [0.3, 0.4) is 0 Å². The van der Waals surface area contributed by atoms with Gasteiger partial charge in [-0.15, -0.1) is 0 Å². The van der Waals surface area contributed by atoms with E-state index in [2.05, 4.69) is 32.3 Å². The molecule has 6 nitrogen and oxygen atoms in total. The van der Waals surface area contributed by atoms with Crippen LogP contribution in [0.1, 0.15) is 36.9 Å². The highest BCUT2D eigenvalue weighted by Gasteiger charge is 2.23. The van der Waals surface area contributed by atoms with Crippen LogP contribution in [0.4, 0.5) is 16.2 Å². The first-order valence-corrected chi connectivity index (χ1v) is 9.07. The molecule has 1 amide bonds. The van der Waals surface area contributed by atoms with E-state index in [4.69, 9.17) is 4.74 Å². The number of hydrogen-bond acceptors (Lipinski definition) is 4. The molecule has 132 valence electrons. The van der Waals surface area contributed by atoms with E-state index >= 15 is 0 Å². The van der Waals surface area contributed by atoms with E-state index in [-0.39, 0.29) is 6.09 Å². The third-order valence-electron chi connectivity index (χ3n) is 4.85. The van der Waals surface area contributed by atoms with Gasteiger partial charge in [0.15, 0.2) is 0 Å². The zero-order valence-corrected chi connectivity index (χ0v) is 14.3. The normalized spacial score (nSPS) is 16.9. The molecule has 25 heavy (non-hydrogen) atoms. The lowest BCUT2D eigenvalue weighted by atomic mass is 10.1. The Bertz CT molecular complexity index is 725. The number of carbonyl (C=O) groups excluding carboxylic acids is 1. The molecule has 0 saturated heterocycles. The van der Waals surface area contributed by atoms with E-state index in [0.717, 1.165) is 37.3 Å². The second kappa shape index (κ2) is 7.17. The highest BCUT2D eigenvalue weighted by molar-refractivity contribution is 5.85. The van der Waals surface area contributed by atoms with Crippen molar-refractivity contribution in [3.63, 3.8) is 0 Å². The Labute approximate surface area is 147 Å². The van der Waals surface area contributed by atoms with Crippen LogP contribution in [0.15, 0.2) is 30.7 Å². The van der Waals surface area contributed by atoms with Gasteiger partial charge >= 0.3 is 6.09 Å². The largest absolute Gasteiger partial charge is 0.449 e. The van der Waals surface area contributed by atoms with Crippen LogP contribution < -0.4 is 10.2 Å². The zero-order chi connectivity index (χ0) is 17.1. The molecule has 2 N–H and O–H groups in total. The summed E-state index contributed by atoms with van der Waals surface area (Å²) in [5, 5.41) is 2.87. The molecule has 0 atom stereocenters. The SMILES string of the molecule is O=C(Nc1ccc2c(c1)N(Cc1c[nH]cn1)CCCC2)OCC1CC1. The molecule has 0 bridgehead atoms. The van der Waals surface area contributed by atoms with E-state index < -0.39 is 0 Å². The molecule has 6 heteroatoms. The van der Waals surface area contributed by atoms with Crippen molar-refractivity contribution >= 4 is 17.5 Å². The summed E-state index contributed by atoms with van der Waals surface area (Å²) in [6, 6.07) is 6.15. The Morgan fingerprint density at radius 1 is 1.36 bits per heavy atom. The minimum atomic E-state index is -0.362. The second-order valence-electron chi connectivity index (χ2n) is 6.95. The molecular formula is C19H24N4O2. The molecule has 1 aromatic heterocycles. The number of ether oxygens (including phenoxy) is 1. The van der Waals surface area contributed by atoms with Gasteiger partial charge in [-0.25, -0.2) is 9.78 Å². The van der Waals surface area contributed by atoms with Gasteiger partial charge in [-0.2, -0.15) is 0 Å². The van der Waals surface area contributed by atoms with Crippen molar-refractivity contribution in [1.82, 2.24) is 9.97 Å². The molecule has 1 saturated carbocycles. The lowest BCUT2D eigenvalue weighted by Gasteiger charge is -2.24. The van der Waals surface area contributed by atoms with Crippen molar-refractivity contribution in [2.75, 3.05) is 23.4 Å². The molecular weight excluding hydrogens is 316 g/mol. The number of amides is 1. The molecule has 2 heterocycles. The summed E-state index contributed by atoms with van der Waals surface area (Å²) >= 11 is 0. The Hall–Kier alpha value is -2.50. The summed E-state index contributed by atoms with van der Waals surface area (Å²) in [7, 11) is 0. The topological polar surface area (TPSA) is 70.2 Å². The van der Waals surface area contributed by atoms with E-state index in [1.807, 2.05) is 12.3 Å². The van der Waals surface area contributed by atoms with Gasteiger partial charge in [0.1, 0.15) is 0 Å². The number of aromatic nitrogens is 2. The van der Waals surface area contributed by atoms with E-state index in [9.17, 15) is 4.79 Å². The molecule has 0 spiro atoms. The number of H-pyrrole nitrogens is 1. The van der Waals surface area contributed by atoms with Crippen molar-refractivity contribution in [2.24, 2.45) is 5.92 Å². The summed E-state index contributed by atoms with van der Waals surface area (Å²) in [5.41, 5.74) is 4.31. The fraction of sp³-hybridized carbons (Fsp3) is 0.474.